The van der Waals surface area contributed by atoms with Gasteiger partial charge in [-0.15, -0.1) is 0 Å². The number of carbonyl (C=O) groups excluding carboxylic acids is 1. The Balaban J connectivity index is 1.44. The molecular weight excluding hydrogens is 338 g/mol. The molecule has 2 N–H and O–H groups in total. The summed E-state index contributed by atoms with van der Waals surface area (Å²) in [6, 6.07) is 11.4. The second-order valence-corrected chi connectivity index (χ2v) is 6.52. The molecular formula is C19H22ClN3O2. The van der Waals surface area contributed by atoms with Gasteiger partial charge in [-0.1, -0.05) is 23.7 Å². The smallest absolute Gasteiger partial charge is 0.252 e. The fourth-order valence-corrected chi connectivity index (χ4v) is 2.99. The van der Waals surface area contributed by atoms with Crippen LogP contribution in [0.25, 0.3) is 0 Å². The Kier molecular flexibility index (Phi) is 6.25. The number of halogens is 1. The highest BCUT2D eigenvalue weighted by atomic mass is 35.5. The molecule has 5 nitrogen and oxygen atoms in total. The third kappa shape index (κ3) is 5.44. The van der Waals surface area contributed by atoms with Gasteiger partial charge in [-0.2, -0.15) is 0 Å². The van der Waals surface area contributed by atoms with Gasteiger partial charge < -0.3 is 15.4 Å². The average molecular weight is 360 g/mol. The molecule has 0 radical (unpaired) electrons. The van der Waals surface area contributed by atoms with E-state index in [4.69, 9.17) is 16.3 Å². The van der Waals surface area contributed by atoms with Crippen LogP contribution in [0, 0.1) is 0 Å². The predicted molar refractivity (Wildman–Crippen MR) is 99.2 cm³/mol. The van der Waals surface area contributed by atoms with Crippen LogP contribution in [0.5, 0.6) is 0 Å². The Bertz CT molecular complexity index is 700. The molecule has 1 atom stereocenters. The third-order valence-electron chi connectivity index (χ3n) is 4.15. The number of ether oxygens (including phenoxy) is 1. The maximum Gasteiger partial charge on any atom is 0.252 e. The second-order valence-electron chi connectivity index (χ2n) is 6.08. The summed E-state index contributed by atoms with van der Waals surface area (Å²) in [5.74, 6) is 0.631. The molecule has 3 rings (SSSR count). The number of amides is 1. The highest BCUT2D eigenvalue weighted by molar-refractivity contribution is 6.30. The summed E-state index contributed by atoms with van der Waals surface area (Å²) in [6.45, 7) is 2.09. The average Bonchev–Trinajstić information content (AvgIpc) is 3.14. The molecule has 1 aromatic carbocycles. The van der Waals surface area contributed by atoms with Crippen molar-refractivity contribution in [2.75, 3.05) is 25.0 Å². The van der Waals surface area contributed by atoms with Gasteiger partial charge in [-0.3, -0.25) is 4.79 Å². The van der Waals surface area contributed by atoms with Crippen molar-refractivity contribution in [2.45, 2.75) is 25.4 Å². The van der Waals surface area contributed by atoms with Gasteiger partial charge in [-0.05, 0) is 49.1 Å². The van der Waals surface area contributed by atoms with Crippen LogP contribution in [0.2, 0.25) is 5.02 Å². The minimum atomic E-state index is -0.117. The fraction of sp³-hybridized carbons (Fsp3) is 0.368. The lowest BCUT2D eigenvalue weighted by Crippen LogP contribution is -2.31. The lowest BCUT2D eigenvalue weighted by atomic mass is 10.1. The maximum absolute atomic E-state index is 12.1. The Labute approximate surface area is 152 Å². The number of benzene rings is 1. The summed E-state index contributed by atoms with van der Waals surface area (Å²) < 4.78 is 5.50. The largest absolute Gasteiger partial charge is 0.376 e. The molecule has 0 aliphatic carbocycles. The first kappa shape index (κ1) is 17.7. The van der Waals surface area contributed by atoms with Crippen LogP contribution >= 0.6 is 11.6 Å². The number of nitrogens with one attached hydrogen (secondary N) is 2. The van der Waals surface area contributed by atoms with E-state index in [1.807, 2.05) is 30.3 Å². The summed E-state index contributed by atoms with van der Waals surface area (Å²) in [5, 5.41) is 6.89. The number of rotatable bonds is 7. The van der Waals surface area contributed by atoms with E-state index >= 15 is 0 Å². The quantitative estimate of drug-likeness (QED) is 0.796. The summed E-state index contributed by atoms with van der Waals surface area (Å²) in [4.78, 5) is 16.4. The van der Waals surface area contributed by atoms with E-state index in [1.54, 1.807) is 12.3 Å². The van der Waals surface area contributed by atoms with E-state index < -0.39 is 0 Å². The third-order valence-corrected chi connectivity index (χ3v) is 4.38. The van der Waals surface area contributed by atoms with E-state index in [1.165, 1.54) is 5.56 Å². The lowest BCUT2D eigenvalue weighted by Gasteiger charge is -2.11. The summed E-state index contributed by atoms with van der Waals surface area (Å²) in [6.07, 6.45) is 4.66. The van der Waals surface area contributed by atoms with Crippen molar-refractivity contribution in [2.24, 2.45) is 0 Å². The molecule has 1 amide bonds. The van der Waals surface area contributed by atoms with Gasteiger partial charge in [0, 0.05) is 30.9 Å². The Morgan fingerprint density at radius 3 is 2.96 bits per heavy atom. The minimum Gasteiger partial charge on any atom is -0.376 e. The second kappa shape index (κ2) is 8.83. The van der Waals surface area contributed by atoms with Crippen molar-refractivity contribution in [1.82, 2.24) is 10.3 Å². The molecule has 1 aliphatic heterocycles. The molecule has 2 heterocycles. The zero-order chi connectivity index (χ0) is 17.5. The number of pyridine rings is 1. The van der Waals surface area contributed by atoms with E-state index in [0.717, 1.165) is 43.3 Å². The number of hydrogen-bond donors (Lipinski definition) is 2. The molecule has 132 valence electrons. The number of carbonyl (C=O) groups is 1. The van der Waals surface area contributed by atoms with Gasteiger partial charge in [0.15, 0.2) is 0 Å². The van der Waals surface area contributed by atoms with Crippen LogP contribution in [0.4, 0.5) is 5.82 Å². The monoisotopic (exact) mass is 359 g/mol. The molecule has 0 saturated carbocycles. The van der Waals surface area contributed by atoms with E-state index in [0.29, 0.717) is 12.1 Å². The van der Waals surface area contributed by atoms with Crippen molar-refractivity contribution < 1.29 is 9.53 Å². The van der Waals surface area contributed by atoms with Crippen molar-refractivity contribution in [3.63, 3.8) is 0 Å². The van der Waals surface area contributed by atoms with Crippen molar-refractivity contribution in [3.05, 3.63) is 58.7 Å². The standard InChI is InChI=1S/C19H22ClN3O2/c20-16-4-1-3-14(11-16)8-9-21-18-7-6-15(12-22-18)19(24)23-13-17-5-2-10-25-17/h1,3-4,6-7,11-12,17H,2,5,8-10,13H2,(H,21,22)(H,23,24). The fourth-order valence-electron chi connectivity index (χ4n) is 2.77. The molecule has 0 spiro atoms. The van der Waals surface area contributed by atoms with Crippen LogP contribution in [0.1, 0.15) is 28.8 Å². The molecule has 6 heteroatoms. The van der Waals surface area contributed by atoms with Crippen molar-refractivity contribution in [3.8, 4) is 0 Å². The van der Waals surface area contributed by atoms with E-state index in [9.17, 15) is 4.79 Å². The van der Waals surface area contributed by atoms with Crippen LogP contribution in [0.3, 0.4) is 0 Å². The highest BCUT2D eigenvalue weighted by Crippen LogP contribution is 2.12. The summed E-state index contributed by atoms with van der Waals surface area (Å²) >= 11 is 5.98. The lowest BCUT2D eigenvalue weighted by molar-refractivity contribution is 0.0857. The van der Waals surface area contributed by atoms with Gasteiger partial charge in [0.05, 0.1) is 11.7 Å². The number of anilines is 1. The van der Waals surface area contributed by atoms with Crippen LogP contribution < -0.4 is 10.6 Å². The molecule has 1 aromatic heterocycles. The zero-order valence-electron chi connectivity index (χ0n) is 14.0. The Morgan fingerprint density at radius 2 is 2.24 bits per heavy atom. The number of aromatic nitrogens is 1. The molecule has 2 aromatic rings. The van der Waals surface area contributed by atoms with Gasteiger partial charge >= 0.3 is 0 Å². The Hall–Kier alpha value is -2.11. The van der Waals surface area contributed by atoms with Gasteiger partial charge in [0.1, 0.15) is 5.82 Å². The molecule has 1 unspecified atom stereocenters. The molecule has 1 aliphatic rings. The molecule has 0 bridgehead atoms. The van der Waals surface area contributed by atoms with Gasteiger partial charge in [0.2, 0.25) is 0 Å². The highest BCUT2D eigenvalue weighted by Gasteiger charge is 2.16. The maximum atomic E-state index is 12.1. The Morgan fingerprint density at radius 1 is 1.32 bits per heavy atom. The summed E-state index contributed by atoms with van der Waals surface area (Å²) in [5.41, 5.74) is 1.73. The zero-order valence-corrected chi connectivity index (χ0v) is 14.8. The topological polar surface area (TPSA) is 63.2 Å². The first-order chi connectivity index (χ1) is 12.2. The predicted octanol–water partition coefficient (Wildman–Crippen LogP) is 3.30. The van der Waals surface area contributed by atoms with Crippen molar-refractivity contribution in [1.29, 1.82) is 0 Å². The van der Waals surface area contributed by atoms with E-state index in [2.05, 4.69) is 15.6 Å². The van der Waals surface area contributed by atoms with Gasteiger partial charge in [0.25, 0.3) is 5.91 Å². The van der Waals surface area contributed by atoms with E-state index in [-0.39, 0.29) is 12.0 Å². The van der Waals surface area contributed by atoms with Crippen molar-refractivity contribution >= 4 is 23.3 Å². The van der Waals surface area contributed by atoms with Crippen LogP contribution in [-0.4, -0.2) is 36.7 Å². The van der Waals surface area contributed by atoms with Gasteiger partial charge in [-0.25, -0.2) is 4.98 Å². The number of nitrogens with zero attached hydrogens (tertiary/aromatic N) is 1. The SMILES string of the molecule is O=C(NCC1CCCO1)c1ccc(NCCc2cccc(Cl)c2)nc1. The minimum absolute atomic E-state index is 0.117. The summed E-state index contributed by atoms with van der Waals surface area (Å²) in [7, 11) is 0. The van der Waals surface area contributed by atoms with Crippen LogP contribution in [0.15, 0.2) is 42.6 Å². The first-order valence-corrected chi connectivity index (χ1v) is 8.93. The molecule has 1 fully saturated rings. The molecule has 1 saturated heterocycles. The number of hydrogen-bond acceptors (Lipinski definition) is 4. The molecule has 25 heavy (non-hydrogen) atoms. The van der Waals surface area contributed by atoms with Crippen LogP contribution in [-0.2, 0) is 11.2 Å². The first-order valence-electron chi connectivity index (χ1n) is 8.55. The normalized spacial score (nSPS) is 16.6.